The monoisotopic (exact) mass is 422 g/mol. The quantitative estimate of drug-likeness (QED) is 0.469. The molecule has 0 atom stereocenters. The summed E-state index contributed by atoms with van der Waals surface area (Å²) in [6.45, 7) is 2.94. The van der Waals surface area contributed by atoms with Crippen LogP contribution in [-0.4, -0.2) is 27.5 Å². The molecule has 8 heteroatoms. The molecular formula is C21H18N4O2S2. The summed E-state index contributed by atoms with van der Waals surface area (Å²) in [7, 11) is 0. The van der Waals surface area contributed by atoms with Gasteiger partial charge in [-0.15, -0.1) is 22.7 Å². The van der Waals surface area contributed by atoms with Gasteiger partial charge in [0.2, 0.25) is 0 Å². The molecule has 4 aromatic rings. The van der Waals surface area contributed by atoms with Gasteiger partial charge in [0.05, 0.1) is 18.8 Å². The van der Waals surface area contributed by atoms with E-state index in [-0.39, 0.29) is 5.91 Å². The maximum atomic E-state index is 12.5. The topological polar surface area (TPSA) is 77.0 Å². The Bertz CT molecular complexity index is 1090. The zero-order chi connectivity index (χ0) is 20.1. The highest BCUT2D eigenvalue weighted by Gasteiger charge is 2.13. The molecule has 0 saturated heterocycles. The fraction of sp³-hybridized carbons (Fsp3) is 0.143. The standard InChI is InChI=1S/C21H18N4O2S2/c1-2-27-16-5-3-15(4-6-16)21-25-18(13-29-21)20(26)23-11-19-24-17(12-28-19)14-7-9-22-10-8-14/h3-10,12-13H,2,11H2,1H3,(H,23,26). The van der Waals surface area contributed by atoms with Gasteiger partial charge < -0.3 is 10.1 Å². The van der Waals surface area contributed by atoms with Crippen LogP contribution in [0.3, 0.4) is 0 Å². The summed E-state index contributed by atoms with van der Waals surface area (Å²) >= 11 is 2.95. The maximum absolute atomic E-state index is 12.5. The summed E-state index contributed by atoms with van der Waals surface area (Å²) in [5.41, 5.74) is 3.26. The van der Waals surface area contributed by atoms with Gasteiger partial charge >= 0.3 is 0 Å². The molecule has 1 amide bonds. The van der Waals surface area contributed by atoms with E-state index in [1.807, 2.05) is 48.7 Å². The average molecular weight is 423 g/mol. The number of hydrogen-bond acceptors (Lipinski definition) is 7. The van der Waals surface area contributed by atoms with Gasteiger partial charge in [-0.25, -0.2) is 9.97 Å². The molecule has 6 nitrogen and oxygen atoms in total. The van der Waals surface area contributed by atoms with Crippen LogP contribution in [0.2, 0.25) is 0 Å². The number of ether oxygens (including phenoxy) is 1. The first-order valence-electron chi connectivity index (χ1n) is 9.04. The highest BCUT2D eigenvalue weighted by Crippen LogP contribution is 2.26. The summed E-state index contributed by atoms with van der Waals surface area (Å²) in [6.07, 6.45) is 3.47. The first-order chi connectivity index (χ1) is 14.2. The molecule has 0 unspecified atom stereocenters. The number of carbonyl (C=O) groups excluding carboxylic acids is 1. The number of amides is 1. The predicted molar refractivity (Wildman–Crippen MR) is 115 cm³/mol. The Labute approximate surface area is 176 Å². The summed E-state index contributed by atoms with van der Waals surface area (Å²) in [4.78, 5) is 25.5. The molecule has 3 heterocycles. The van der Waals surface area contributed by atoms with E-state index in [1.165, 1.54) is 22.7 Å². The maximum Gasteiger partial charge on any atom is 0.271 e. The molecule has 1 aromatic carbocycles. The van der Waals surface area contributed by atoms with Gasteiger partial charge in [-0.3, -0.25) is 9.78 Å². The summed E-state index contributed by atoms with van der Waals surface area (Å²) in [6, 6.07) is 11.5. The SMILES string of the molecule is CCOc1ccc(-c2nc(C(=O)NCc3nc(-c4ccncc4)cs3)cs2)cc1. The average Bonchev–Trinajstić information content (AvgIpc) is 3.44. The van der Waals surface area contributed by atoms with E-state index in [4.69, 9.17) is 4.74 Å². The zero-order valence-electron chi connectivity index (χ0n) is 15.7. The van der Waals surface area contributed by atoms with E-state index in [0.29, 0.717) is 18.8 Å². The van der Waals surface area contributed by atoms with E-state index in [1.54, 1.807) is 17.8 Å². The Balaban J connectivity index is 1.38. The second-order valence-corrected chi connectivity index (χ2v) is 7.84. The van der Waals surface area contributed by atoms with Crippen LogP contribution in [0.1, 0.15) is 22.4 Å². The fourth-order valence-corrected chi connectivity index (χ4v) is 4.21. The van der Waals surface area contributed by atoms with Crippen LogP contribution in [-0.2, 0) is 6.54 Å². The molecule has 1 N–H and O–H groups in total. The summed E-state index contributed by atoms with van der Waals surface area (Å²) in [5.74, 6) is 0.611. The molecule has 146 valence electrons. The van der Waals surface area contributed by atoms with Crippen molar-refractivity contribution in [2.45, 2.75) is 13.5 Å². The van der Waals surface area contributed by atoms with Gasteiger partial charge in [-0.05, 0) is 43.3 Å². The minimum atomic E-state index is -0.209. The molecule has 0 fully saturated rings. The molecule has 29 heavy (non-hydrogen) atoms. The molecule has 0 spiro atoms. The number of benzene rings is 1. The van der Waals surface area contributed by atoms with Crippen LogP contribution >= 0.6 is 22.7 Å². The molecule has 0 radical (unpaired) electrons. The third-order valence-corrected chi connectivity index (χ3v) is 5.82. The van der Waals surface area contributed by atoms with Gasteiger partial charge in [-0.2, -0.15) is 0 Å². The highest BCUT2D eigenvalue weighted by atomic mass is 32.1. The molecular weight excluding hydrogens is 404 g/mol. The Morgan fingerprint density at radius 3 is 2.55 bits per heavy atom. The Morgan fingerprint density at radius 2 is 1.79 bits per heavy atom. The number of nitrogens with one attached hydrogen (secondary N) is 1. The van der Waals surface area contributed by atoms with Crippen molar-refractivity contribution in [3.05, 3.63) is 70.3 Å². The number of thiazole rings is 2. The highest BCUT2D eigenvalue weighted by molar-refractivity contribution is 7.13. The molecule has 3 aromatic heterocycles. The zero-order valence-corrected chi connectivity index (χ0v) is 17.3. The minimum Gasteiger partial charge on any atom is -0.494 e. The normalized spacial score (nSPS) is 10.7. The Hall–Kier alpha value is -3.10. The number of pyridine rings is 1. The van der Waals surface area contributed by atoms with Crippen LogP contribution in [0, 0.1) is 0 Å². The third-order valence-electron chi connectivity index (χ3n) is 4.08. The van der Waals surface area contributed by atoms with Crippen molar-refractivity contribution in [1.29, 1.82) is 0 Å². The van der Waals surface area contributed by atoms with Gasteiger partial charge in [-0.1, -0.05) is 0 Å². The van der Waals surface area contributed by atoms with Crippen molar-refractivity contribution in [1.82, 2.24) is 20.3 Å². The third kappa shape index (κ3) is 4.67. The smallest absolute Gasteiger partial charge is 0.271 e. The van der Waals surface area contributed by atoms with E-state index in [9.17, 15) is 4.79 Å². The summed E-state index contributed by atoms with van der Waals surface area (Å²) < 4.78 is 5.45. The largest absolute Gasteiger partial charge is 0.494 e. The lowest BCUT2D eigenvalue weighted by molar-refractivity contribution is 0.0946. The van der Waals surface area contributed by atoms with E-state index < -0.39 is 0 Å². The number of hydrogen-bond donors (Lipinski definition) is 1. The Kier molecular flexibility index (Phi) is 5.92. The van der Waals surface area contributed by atoms with Gasteiger partial charge in [0.1, 0.15) is 21.5 Å². The van der Waals surface area contributed by atoms with Crippen LogP contribution in [0.5, 0.6) is 5.75 Å². The first kappa shape index (κ1) is 19.2. The second-order valence-electron chi connectivity index (χ2n) is 6.04. The molecule has 0 saturated carbocycles. The minimum absolute atomic E-state index is 0.209. The van der Waals surface area contributed by atoms with Crippen molar-refractivity contribution >= 4 is 28.6 Å². The van der Waals surface area contributed by atoms with Gasteiger partial charge in [0.15, 0.2) is 0 Å². The van der Waals surface area contributed by atoms with E-state index in [2.05, 4.69) is 20.3 Å². The van der Waals surface area contributed by atoms with Crippen molar-refractivity contribution in [3.8, 4) is 27.6 Å². The van der Waals surface area contributed by atoms with Crippen molar-refractivity contribution in [2.75, 3.05) is 6.61 Å². The predicted octanol–water partition coefficient (Wildman–Crippen LogP) is 4.66. The number of nitrogens with zero attached hydrogens (tertiary/aromatic N) is 3. The van der Waals surface area contributed by atoms with Crippen LogP contribution in [0.15, 0.2) is 59.6 Å². The van der Waals surface area contributed by atoms with Crippen molar-refractivity contribution in [2.24, 2.45) is 0 Å². The molecule has 4 rings (SSSR count). The lowest BCUT2D eigenvalue weighted by Crippen LogP contribution is -2.23. The number of carbonyl (C=O) groups is 1. The number of aromatic nitrogens is 3. The second kappa shape index (κ2) is 8.93. The molecule has 0 aliphatic carbocycles. The molecule has 0 aliphatic heterocycles. The van der Waals surface area contributed by atoms with Crippen LogP contribution in [0.4, 0.5) is 0 Å². The van der Waals surface area contributed by atoms with Gasteiger partial charge in [0.25, 0.3) is 5.91 Å². The Morgan fingerprint density at radius 1 is 1.00 bits per heavy atom. The van der Waals surface area contributed by atoms with Crippen LogP contribution in [0.25, 0.3) is 21.8 Å². The first-order valence-corrected chi connectivity index (χ1v) is 10.8. The molecule has 0 bridgehead atoms. The lowest BCUT2D eigenvalue weighted by Gasteiger charge is -2.03. The molecule has 0 aliphatic rings. The fourth-order valence-electron chi connectivity index (χ4n) is 2.66. The van der Waals surface area contributed by atoms with Gasteiger partial charge in [0, 0.05) is 34.3 Å². The summed E-state index contributed by atoms with van der Waals surface area (Å²) in [5, 5.41) is 8.28. The lowest BCUT2D eigenvalue weighted by atomic mass is 10.2. The van der Waals surface area contributed by atoms with E-state index in [0.717, 1.165) is 32.6 Å². The van der Waals surface area contributed by atoms with Crippen molar-refractivity contribution < 1.29 is 9.53 Å². The number of rotatable bonds is 7. The van der Waals surface area contributed by atoms with Crippen LogP contribution < -0.4 is 10.1 Å². The van der Waals surface area contributed by atoms with E-state index >= 15 is 0 Å². The van der Waals surface area contributed by atoms with Crippen molar-refractivity contribution in [3.63, 3.8) is 0 Å².